The molecule has 7 heteroatoms. The number of nitrogens with zero attached hydrogens (tertiary/aromatic N) is 1. The molecule has 0 aliphatic rings. The van der Waals surface area contributed by atoms with Gasteiger partial charge in [0.1, 0.15) is 0 Å². The molecule has 2 rings (SSSR count). The van der Waals surface area contributed by atoms with E-state index in [0.29, 0.717) is 15.9 Å². The third-order valence-corrected chi connectivity index (χ3v) is 3.06. The highest BCUT2D eigenvalue weighted by atomic mass is 79.9. The minimum absolute atomic E-state index is 0.151. The number of halogens is 1. The first-order valence-corrected chi connectivity index (χ1v) is 6.16. The summed E-state index contributed by atoms with van der Waals surface area (Å²) in [6.07, 6.45) is 1.74. The number of benzene rings is 1. The second-order valence-corrected chi connectivity index (χ2v) is 4.66. The van der Waals surface area contributed by atoms with Gasteiger partial charge in [-0.3, -0.25) is 9.89 Å². The van der Waals surface area contributed by atoms with Crippen molar-refractivity contribution in [3.63, 3.8) is 0 Å². The molecule has 98 valence electrons. The fraction of sp³-hybridized carbons (Fsp3) is 0.0833. The summed E-state index contributed by atoms with van der Waals surface area (Å²) in [6.45, 7) is 0. The van der Waals surface area contributed by atoms with E-state index in [0.717, 1.165) is 0 Å². The third-order valence-electron chi connectivity index (χ3n) is 2.40. The maximum absolute atomic E-state index is 11.8. The van der Waals surface area contributed by atoms with Crippen LogP contribution in [0.4, 0.5) is 5.69 Å². The number of aromatic amines is 1. The van der Waals surface area contributed by atoms with E-state index in [-0.39, 0.29) is 17.9 Å². The Morgan fingerprint density at radius 3 is 2.74 bits per heavy atom. The molecule has 1 aromatic carbocycles. The van der Waals surface area contributed by atoms with Gasteiger partial charge < -0.3 is 10.4 Å². The van der Waals surface area contributed by atoms with Gasteiger partial charge in [0.2, 0.25) is 5.91 Å². The van der Waals surface area contributed by atoms with Crippen molar-refractivity contribution in [3.8, 4) is 0 Å². The Balaban J connectivity index is 2.07. The standard InChI is InChI=1S/C12H10BrN3O3/c13-9-5-7(12(18)19)1-2-10(9)15-11(17)6-8-3-4-14-16-8/h1-5H,6H2,(H,14,16)(H,15,17)(H,18,19). The molecule has 1 aromatic heterocycles. The highest BCUT2D eigenvalue weighted by Gasteiger charge is 2.10. The van der Waals surface area contributed by atoms with E-state index < -0.39 is 5.97 Å². The van der Waals surface area contributed by atoms with Crippen LogP contribution in [0.3, 0.4) is 0 Å². The zero-order valence-electron chi connectivity index (χ0n) is 9.68. The van der Waals surface area contributed by atoms with Crippen LogP contribution in [0.5, 0.6) is 0 Å². The van der Waals surface area contributed by atoms with Crippen LogP contribution in [-0.2, 0) is 11.2 Å². The molecule has 0 fully saturated rings. The summed E-state index contributed by atoms with van der Waals surface area (Å²) >= 11 is 3.22. The zero-order valence-corrected chi connectivity index (χ0v) is 11.3. The number of carbonyl (C=O) groups is 2. The highest BCUT2D eigenvalue weighted by molar-refractivity contribution is 9.10. The molecule has 1 heterocycles. The van der Waals surface area contributed by atoms with Crippen LogP contribution in [0.1, 0.15) is 16.1 Å². The number of hydrogen-bond acceptors (Lipinski definition) is 3. The normalized spacial score (nSPS) is 10.2. The Kier molecular flexibility index (Phi) is 3.96. The first-order chi connectivity index (χ1) is 9.06. The Labute approximate surface area is 117 Å². The molecule has 0 aliphatic carbocycles. The van der Waals surface area contributed by atoms with Gasteiger partial charge in [-0.15, -0.1) is 0 Å². The minimum atomic E-state index is -1.02. The van der Waals surface area contributed by atoms with E-state index >= 15 is 0 Å². The lowest BCUT2D eigenvalue weighted by Crippen LogP contribution is -2.15. The first kappa shape index (κ1) is 13.3. The molecule has 6 nitrogen and oxygen atoms in total. The smallest absolute Gasteiger partial charge is 0.335 e. The molecular weight excluding hydrogens is 314 g/mol. The number of anilines is 1. The molecule has 19 heavy (non-hydrogen) atoms. The predicted molar refractivity (Wildman–Crippen MR) is 72.0 cm³/mol. The van der Waals surface area contributed by atoms with Crippen LogP contribution in [0.15, 0.2) is 34.9 Å². The predicted octanol–water partition coefficient (Wildman–Crippen LogP) is 2.05. The lowest BCUT2D eigenvalue weighted by molar-refractivity contribution is -0.115. The Morgan fingerprint density at radius 1 is 1.37 bits per heavy atom. The quantitative estimate of drug-likeness (QED) is 0.802. The summed E-state index contributed by atoms with van der Waals surface area (Å²) in [4.78, 5) is 22.5. The minimum Gasteiger partial charge on any atom is -0.478 e. The van der Waals surface area contributed by atoms with E-state index in [1.54, 1.807) is 18.3 Å². The largest absolute Gasteiger partial charge is 0.478 e. The second kappa shape index (κ2) is 5.66. The molecule has 0 bridgehead atoms. The second-order valence-electron chi connectivity index (χ2n) is 3.81. The molecule has 0 saturated carbocycles. The molecule has 0 spiro atoms. The maximum Gasteiger partial charge on any atom is 0.335 e. The fourth-order valence-corrected chi connectivity index (χ4v) is 1.98. The van der Waals surface area contributed by atoms with Gasteiger partial charge in [0.15, 0.2) is 0 Å². The Hall–Kier alpha value is -2.15. The van der Waals surface area contributed by atoms with E-state index in [1.807, 2.05) is 0 Å². The number of H-pyrrole nitrogens is 1. The van der Waals surface area contributed by atoms with Crippen LogP contribution >= 0.6 is 15.9 Å². The van der Waals surface area contributed by atoms with Gasteiger partial charge in [0.25, 0.3) is 0 Å². The van der Waals surface area contributed by atoms with Gasteiger partial charge in [0.05, 0.1) is 17.7 Å². The average Bonchev–Trinajstić information content (AvgIpc) is 2.84. The monoisotopic (exact) mass is 323 g/mol. The summed E-state index contributed by atoms with van der Waals surface area (Å²) in [6, 6.07) is 6.12. The molecule has 1 amide bonds. The van der Waals surface area contributed by atoms with Crippen molar-refractivity contribution in [2.45, 2.75) is 6.42 Å². The number of rotatable bonds is 4. The van der Waals surface area contributed by atoms with Crippen LogP contribution in [0.2, 0.25) is 0 Å². The van der Waals surface area contributed by atoms with Crippen LogP contribution < -0.4 is 5.32 Å². The zero-order chi connectivity index (χ0) is 13.8. The third kappa shape index (κ3) is 3.41. The number of nitrogens with one attached hydrogen (secondary N) is 2. The Bertz CT molecular complexity index is 611. The van der Waals surface area contributed by atoms with Gasteiger partial charge in [-0.2, -0.15) is 5.10 Å². The average molecular weight is 324 g/mol. The summed E-state index contributed by atoms with van der Waals surface area (Å²) in [5, 5.41) is 18.0. The number of aromatic nitrogens is 2. The summed E-state index contributed by atoms with van der Waals surface area (Å²) < 4.78 is 0.519. The molecule has 0 aliphatic heterocycles. The van der Waals surface area contributed by atoms with Gasteiger partial charge in [-0.1, -0.05) is 0 Å². The van der Waals surface area contributed by atoms with Crippen molar-refractivity contribution in [3.05, 3.63) is 46.2 Å². The van der Waals surface area contributed by atoms with Crippen LogP contribution in [-0.4, -0.2) is 27.2 Å². The topological polar surface area (TPSA) is 95.1 Å². The SMILES string of the molecule is O=C(Cc1ccn[nH]1)Nc1ccc(C(=O)O)cc1Br. The van der Waals surface area contributed by atoms with Gasteiger partial charge >= 0.3 is 5.97 Å². The summed E-state index contributed by atoms with van der Waals surface area (Å²) in [5.41, 5.74) is 1.38. The lowest BCUT2D eigenvalue weighted by Gasteiger charge is -2.07. The Morgan fingerprint density at radius 2 is 2.16 bits per heavy atom. The lowest BCUT2D eigenvalue weighted by atomic mass is 10.2. The first-order valence-electron chi connectivity index (χ1n) is 5.37. The number of carboxylic acids is 1. The number of carbonyl (C=O) groups excluding carboxylic acids is 1. The van der Waals surface area contributed by atoms with Crippen molar-refractivity contribution in [2.75, 3.05) is 5.32 Å². The fourth-order valence-electron chi connectivity index (χ4n) is 1.50. The molecule has 0 radical (unpaired) electrons. The molecule has 0 unspecified atom stereocenters. The van der Waals surface area contributed by atoms with Crippen molar-refractivity contribution < 1.29 is 14.7 Å². The van der Waals surface area contributed by atoms with Crippen LogP contribution in [0, 0.1) is 0 Å². The number of aromatic carboxylic acids is 1. The summed E-state index contributed by atoms with van der Waals surface area (Å²) in [5.74, 6) is -1.23. The summed E-state index contributed by atoms with van der Waals surface area (Å²) in [7, 11) is 0. The maximum atomic E-state index is 11.8. The van der Waals surface area contributed by atoms with E-state index in [1.165, 1.54) is 12.1 Å². The number of hydrogen-bond donors (Lipinski definition) is 3. The van der Waals surface area contributed by atoms with Gasteiger partial charge in [0, 0.05) is 16.4 Å². The number of carboxylic acid groups (broad SMARTS) is 1. The van der Waals surface area contributed by atoms with E-state index in [2.05, 4.69) is 31.4 Å². The molecule has 0 saturated heterocycles. The molecule has 3 N–H and O–H groups in total. The molecule has 2 aromatic rings. The highest BCUT2D eigenvalue weighted by Crippen LogP contribution is 2.23. The van der Waals surface area contributed by atoms with Crippen molar-refractivity contribution in [1.29, 1.82) is 0 Å². The van der Waals surface area contributed by atoms with Crippen molar-refractivity contribution >= 4 is 33.5 Å². The van der Waals surface area contributed by atoms with E-state index in [9.17, 15) is 9.59 Å². The van der Waals surface area contributed by atoms with Crippen LogP contribution in [0.25, 0.3) is 0 Å². The molecular formula is C12H10BrN3O3. The van der Waals surface area contributed by atoms with Crippen molar-refractivity contribution in [2.24, 2.45) is 0 Å². The van der Waals surface area contributed by atoms with E-state index in [4.69, 9.17) is 5.11 Å². The molecule has 0 atom stereocenters. The van der Waals surface area contributed by atoms with Crippen molar-refractivity contribution in [1.82, 2.24) is 10.2 Å². The van der Waals surface area contributed by atoms with Gasteiger partial charge in [-0.05, 0) is 40.2 Å². The van der Waals surface area contributed by atoms with Gasteiger partial charge in [-0.25, -0.2) is 4.79 Å². The number of amides is 1.